The molecule has 0 saturated heterocycles. The summed E-state index contributed by atoms with van der Waals surface area (Å²) < 4.78 is 37.8. The van der Waals surface area contributed by atoms with E-state index in [1.54, 1.807) is 6.07 Å². The van der Waals surface area contributed by atoms with Gasteiger partial charge in [0, 0.05) is 5.69 Å². The smallest absolute Gasteiger partial charge is 0.185 e. The molecule has 0 atom stereocenters. The molecule has 0 aliphatic heterocycles. The first-order valence-electron chi connectivity index (χ1n) is 5.44. The number of phenolic OH excluding ortho intramolecular Hbond substituents is 1. The molecule has 0 unspecified atom stereocenters. The van der Waals surface area contributed by atoms with Crippen molar-refractivity contribution >= 4 is 15.5 Å². The van der Waals surface area contributed by atoms with E-state index in [1.165, 1.54) is 24.3 Å². The number of benzene rings is 2. The first-order valence-corrected chi connectivity index (χ1v) is 7.09. The maximum atomic E-state index is 13.6. The molecule has 0 heterocycles. The van der Waals surface area contributed by atoms with Gasteiger partial charge in [0.05, 0.1) is 5.75 Å². The lowest BCUT2D eigenvalue weighted by Crippen LogP contribution is -2.07. The Kier molecular flexibility index (Phi) is 3.44. The van der Waals surface area contributed by atoms with Crippen molar-refractivity contribution in [1.29, 1.82) is 0 Å². The zero-order valence-corrected chi connectivity index (χ0v) is 10.7. The van der Waals surface area contributed by atoms with Gasteiger partial charge in [-0.2, -0.15) is 0 Å². The van der Waals surface area contributed by atoms with Gasteiger partial charge < -0.3 is 10.8 Å². The highest BCUT2D eigenvalue weighted by atomic mass is 32.2. The van der Waals surface area contributed by atoms with Crippen LogP contribution in [0.25, 0.3) is 0 Å². The summed E-state index contributed by atoms with van der Waals surface area (Å²) in [6.07, 6.45) is 0. The highest BCUT2D eigenvalue weighted by Crippen LogP contribution is 2.22. The van der Waals surface area contributed by atoms with Crippen LogP contribution in [0.15, 0.2) is 47.4 Å². The third kappa shape index (κ3) is 3.03. The van der Waals surface area contributed by atoms with E-state index >= 15 is 0 Å². The topological polar surface area (TPSA) is 80.4 Å². The van der Waals surface area contributed by atoms with Crippen LogP contribution in [-0.4, -0.2) is 13.5 Å². The van der Waals surface area contributed by atoms with Crippen LogP contribution >= 0.6 is 0 Å². The molecule has 0 bridgehead atoms. The Balaban J connectivity index is 2.38. The van der Waals surface area contributed by atoms with Gasteiger partial charge in [0.25, 0.3) is 0 Å². The first-order chi connectivity index (χ1) is 8.88. The average molecular weight is 281 g/mol. The van der Waals surface area contributed by atoms with Gasteiger partial charge in [0.2, 0.25) is 0 Å². The number of phenols is 1. The van der Waals surface area contributed by atoms with Crippen molar-refractivity contribution in [1.82, 2.24) is 0 Å². The second-order valence-corrected chi connectivity index (χ2v) is 6.08. The van der Waals surface area contributed by atoms with Gasteiger partial charge >= 0.3 is 0 Å². The molecule has 100 valence electrons. The summed E-state index contributed by atoms with van der Waals surface area (Å²) in [6, 6.07) is 9.27. The van der Waals surface area contributed by atoms with E-state index in [-0.39, 0.29) is 17.2 Å². The predicted molar refractivity (Wildman–Crippen MR) is 69.8 cm³/mol. The van der Waals surface area contributed by atoms with Gasteiger partial charge in [0.15, 0.2) is 9.84 Å². The highest BCUT2D eigenvalue weighted by molar-refractivity contribution is 7.90. The van der Waals surface area contributed by atoms with Crippen LogP contribution in [0.4, 0.5) is 10.1 Å². The van der Waals surface area contributed by atoms with E-state index in [9.17, 15) is 17.9 Å². The highest BCUT2D eigenvalue weighted by Gasteiger charge is 2.20. The zero-order valence-electron chi connectivity index (χ0n) is 9.88. The van der Waals surface area contributed by atoms with Crippen molar-refractivity contribution in [3.05, 3.63) is 53.8 Å². The quantitative estimate of drug-likeness (QED) is 0.844. The standard InChI is InChI=1S/C13H12FNO3S/c14-12-7-10(15)4-5-13(12)19(17,18)8-9-2-1-3-11(16)6-9/h1-7,16H,8,15H2. The van der Waals surface area contributed by atoms with Crippen molar-refractivity contribution in [2.45, 2.75) is 10.6 Å². The number of aromatic hydroxyl groups is 1. The molecule has 0 aromatic heterocycles. The van der Waals surface area contributed by atoms with Gasteiger partial charge in [-0.05, 0) is 35.9 Å². The molecule has 4 nitrogen and oxygen atoms in total. The lowest BCUT2D eigenvalue weighted by atomic mass is 10.2. The van der Waals surface area contributed by atoms with E-state index in [4.69, 9.17) is 5.73 Å². The number of hydrogen-bond acceptors (Lipinski definition) is 4. The molecule has 3 N–H and O–H groups in total. The summed E-state index contributed by atoms with van der Waals surface area (Å²) in [5, 5.41) is 9.29. The minimum absolute atomic E-state index is 0.0366. The molecule has 0 fully saturated rings. The Morgan fingerprint density at radius 1 is 1.16 bits per heavy atom. The van der Waals surface area contributed by atoms with E-state index in [0.717, 1.165) is 12.1 Å². The summed E-state index contributed by atoms with van der Waals surface area (Å²) in [5.41, 5.74) is 5.92. The molecule has 0 spiro atoms. The largest absolute Gasteiger partial charge is 0.508 e. The van der Waals surface area contributed by atoms with Gasteiger partial charge in [-0.1, -0.05) is 12.1 Å². The Hall–Kier alpha value is -2.08. The molecule has 6 heteroatoms. The molecular formula is C13H12FNO3S. The maximum Gasteiger partial charge on any atom is 0.185 e. The Morgan fingerprint density at radius 3 is 2.53 bits per heavy atom. The molecule has 2 aromatic carbocycles. The van der Waals surface area contributed by atoms with E-state index in [1.807, 2.05) is 0 Å². The number of sulfone groups is 1. The van der Waals surface area contributed by atoms with Gasteiger partial charge in [-0.3, -0.25) is 0 Å². The average Bonchev–Trinajstić information content (AvgIpc) is 2.27. The number of nitrogens with two attached hydrogens (primary N) is 1. The summed E-state index contributed by atoms with van der Waals surface area (Å²) >= 11 is 0. The van der Waals surface area contributed by atoms with Crippen molar-refractivity contribution in [3.63, 3.8) is 0 Å². The molecule has 2 rings (SSSR count). The van der Waals surface area contributed by atoms with Crippen LogP contribution in [0.2, 0.25) is 0 Å². The Morgan fingerprint density at radius 2 is 1.89 bits per heavy atom. The lowest BCUT2D eigenvalue weighted by Gasteiger charge is -2.07. The SMILES string of the molecule is Nc1ccc(S(=O)(=O)Cc2cccc(O)c2)c(F)c1. The normalized spacial score (nSPS) is 11.4. The molecule has 0 radical (unpaired) electrons. The van der Waals surface area contributed by atoms with Gasteiger partial charge in [0.1, 0.15) is 16.5 Å². The van der Waals surface area contributed by atoms with Crippen LogP contribution in [0.3, 0.4) is 0 Å². The van der Waals surface area contributed by atoms with Crippen LogP contribution in [0, 0.1) is 5.82 Å². The fourth-order valence-electron chi connectivity index (χ4n) is 1.71. The molecular weight excluding hydrogens is 269 g/mol. The second kappa shape index (κ2) is 4.89. The first kappa shape index (κ1) is 13.4. The fourth-order valence-corrected chi connectivity index (χ4v) is 3.12. The molecule has 0 aliphatic rings. The number of anilines is 1. The van der Waals surface area contributed by atoms with Gasteiger partial charge in [-0.15, -0.1) is 0 Å². The van der Waals surface area contributed by atoms with Crippen LogP contribution in [-0.2, 0) is 15.6 Å². The molecule has 0 saturated carbocycles. The van der Waals surface area contributed by atoms with Gasteiger partial charge in [-0.25, -0.2) is 12.8 Å². The van der Waals surface area contributed by atoms with Crippen molar-refractivity contribution in [2.24, 2.45) is 0 Å². The van der Waals surface area contributed by atoms with Crippen molar-refractivity contribution in [3.8, 4) is 5.75 Å². The summed E-state index contributed by atoms with van der Waals surface area (Å²) in [5.74, 6) is -1.30. The third-order valence-corrected chi connectivity index (χ3v) is 4.27. The van der Waals surface area contributed by atoms with E-state index in [2.05, 4.69) is 0 Å². The van der Waals surface area contributed by atoms with E-state index in [0.29, 0.717) is 5.56 Å². The van der Waals surface area contributed by atoms with Crippen LogP contribution < -0.4 is 5.73 Å². The number of nitrogen functional groups attached to an aromatic ring is 1. The molecule has 0 aliphatic carbocycles. The van der Waals surface area contributed by atoms with Crippen LogP contribution in [0.1, 0.15) is 5.56 Å². The van der Waals surface area contributed by atoms with Crippen LogP contribution in [0.5, 0.6) is 5.75 Å². The third-order valence-electron chi connectivity index (χ3n) is 2.56. The van der Waals surface area contributed by atoms with Crippen molar-refractivity contribution < 1.29 is 17.9 Å². The number of halogens is 1. The summed E-state index contributed by atoms with van der Waals surface area (Å²) in [4.78, 5) is -0.398. The number of rotatable bonds is 3. The maximum absolute atomic E-state index is 13.6. The second-order valence-electron chi connectivity index (χ2n) is 4.12. The van der Waals surface area contributed by atoms with Crippen molar-refractivity contribution in [2.75, 3.05) is 5.73 Å². The minimum Gasteiger partial charge on any atom is -0.508 e. The van der Waals surface area contributed by atoms with E-state index < -0.39 is 20.5 Å². The predicted octanol–water partition coefficient (Wildman–Crippen LogP) is 2.09. The number of hydrogen-bond donors (Lipinski definition) is 2. The monoisotopic (exact) mass is 281 g/mol. The summed E-state index contributed by atoms with van der Waals surface area (Å²) in [6.45, 7) is 0. The Bertz CT molecular complexity index is 714. The summed E-state index contributed by atoms with van der Waals surface area (Å²) in [7, 11) is -3.82. The molecule has 2 aromatic rings. The minimum atomic E-state index is -3.82. The lowest BCUT2D eigenvalue weighted by molar-refractivity contribution is 0.475. The zero-order chi connectivity index (χ0) is 14.0. The molecule has 19 heavy (non-hydrogen) atoms. The molecule has 0 amide bonds. The fraction of sp³-hybridized carbons (Fsp3) is 0.0769. The Labute approximate surface area is 110 Å².